The maximum absolute atomic E-state index is 10.5. The van der Waals surface area contributed by atoms with Crippen LogP contribution in [0.3, 0.4) is 0 Å². The normalized spacial score (nSPS) is 21.4. The first-order chi connectivity index (χ1) is 15.3. The summed E-state index contributed by atoms with van der Waals surface area (Å²) in [7, 11) is 0. The first kappa shape index (κ1) is 21.6. The second-order valence-electron chi connectivity index (χ2n) is 8.40. The molecule has 2 aliphatic rings. The molecule has 5 heteroatoms. The highest BCUT2D eigenvalue weighted by Crippen LogP contribution is 2.23. The molecular formula is C26H33N3O2. The van der Waals surface area contributed by atoms with Gasteiger partial charge in [-0.15, -0.1) is 0 Å². The number of para-hydroxylation sites is 1. The fraction of sp³-hybridized carbons (Fsp3) is 0.423. The Hall–Kier alpha value is -2.63. The van der Waals surface area contributed by atoms with Gasteiger partial charge < -0.3 is 14.8 Å². The maximum Gasteiger partial charge on any atom is 0.144 e. The molecule has 1 aliphatic carbocycles. The van der Waals surface area contributed by atoms with Gasteiger partial charge in [-0.25, -0.2) is 0 Å². The van der Waals surface area contributed by atoms with Crippen LogP contribution in [-0.4, -0.2) is 61.2 Å². The Labute approximate surface area is 185 Å². The molecule has 164 valence electrons. The number of rotatable bonds is 7. The van der Waals surface area contributed by atoms with Crippen molar-refractivity contribution < 1.29 is 9.94 Å². The number of allylic oxidation sites excluding steroid dienone is 1. The fourth-order valence-electron chi connectivity index (χ4n) is 4.30. The summed E-state index contributed by atoms with van der Waals surface area (Å²) in [5, 5.41) is 14.9. The van der Waals surface area contributed by atoms with E-state index in [1.165, 1.54) is 23.2 Å². The van der Waals surface area contributed by atoms with Gasteiger partial charge in [0.05, 0.1) is 5.71 Å². The van der Waals surface area contributed by atoms with Crippen LogP contribution >= 0.6 is 0 Å². The third-order valence-corrected chi connectivity index (χ3v) is 6.03. The van der Waals surface area contributed by atoms with Gasteiger partial charge in [0.15, 0.2) is 0 Å². The van der Waals surface area contributed by atoms with Crippen molar-refractivity contribution >= 4 is 17.5 Å². The van der Waals surface area contributed by atoms with Gasteiger partial charge in [0.1, 0.15) is 12.7 Å². The van der Waals surface area contributed by atoms with E-state index >= 15 is 0 Å². The van der Waals surface area contributed by atoms with Gasteiger partial charge in [-0.2, -0.15) is 0 Å². The van der Waals surface area contributed by atoms with Crippen molar-refractivity contribution in [2.24, 2.45) is 5.16 Å². The predicted octanol–water partition coefficient (Wildman–Crippen LogP) is 4.20. The lowest BCUT2D eigenvalue weighted by atomic mass is 9.91. The molecule has 2 aromatic carbocycles. The number of piperazine rings is 1. The van der Waals surface area contributed by atoms with Gasteiger partial charge in [0.25, 0.3) is 0 Å². The Kier molecular flexibility index (Phi) is 7.75. The highest BCUT2D eigenvalue weighted by atomic mass is 16.6. The van der Waals surface area contributed by atoms with Gasteiger partial charge in [-0.1, -0.05) is 53.7 Å². The van der Waals surface area contributed by atoms with E-state index in [9.17, 15) is 5.11 Å². The number of anilines is 1. The van der Waals surface area contributed by atoms with E-state index in [0.29, 0.717) is 6.54 Å². The molecule has 0 radical (unpaired) electrons. The zero-order valence-corrected chi connectivity index (χ0v) is 18.2. The van der Waals surface area contributed by atoms with Crippen molar-refractivity contribution in [2.45, 2.75) is 31.8 Å². The molecule has 1 N–H and O–H groups in total. The minimum absolute atomic E-state index is 0.237. The van der Waals surface area contributed by atoms with Crippen LogP contribution in [0.4, 0.5) is 5.69 Å². The van der Waals surface area contributed by atoms with E-state index < -0.39 is 6.10 Å². The number of β-amino-alcohol motifs (C(OH)–C–C–N with tert-alkyl or cyclic N) is 1. The van der Waals surface area contributed by atoms with E-state index in [1.54, 1.807) is 0 Å². The summed E-state index contributed by atoms with van der Waals surface area (Å²) >= 11 is 0. The topological polar surface area (TPSA) is 48.3 Å². The van der Waals surface area contributed by atoms with E-state index in [0.717, 1.165) is 51.2 Å². The Morgan fingerprint density at radius 3 is 2.32 bits per heavy atom. The van der Waals surface area contributed by atoms with Crippen LogP contribution in [-0.2, 0) is 4.84 Å². The van der Waals surface area contributed by atoms with Crippen molar-refractivity contribution in [3.63, 3.8) is 0 Å². The highest BCUT2D eigenvalue weighted by molar-refractivity contribution is 6.03. The lowest BCUT2D eigenvalue weighted by molar-refractivity contribution is 0.0179. The smallest absolute Gasteiger partial charge is 0.144 e. The Morgan fingerprint density at radius 2 is 1.58 bits per heavy atom. The van der Waals surface area contributed by atoms with Gasteiger partial charge >= 0.3 is 0 Å². The van der Waals surface area contributed by atoms with E-state index in [1.807, 2.05) is 12.1 Å². The second kappa shape index (κ2) is 11.1. The molecule has 1 saturated heterocycles. The summed E-state index contributed by atoms with van der Waals surface area (Å²) in [5.41, 5.74) is 4.75. The lowest BCUT2D eigenvalue weighted by Crippen LogP contribution is -2.49. The van der Waals surface area contributed by atoms with Crippen molar-refractivity contribution in [3.05, 3.63) is 71.8 Å². The molecule has 0 aromatic heterocycles. The second-order valence-corrected chi connectivity index (χ2v) is 8.40. The Morgan fingerprint density at radius 1 is 0.903 bits per heavy atom. The monoisotopic (exact) mass is 419 g/mol. The molecular weight excluding hydrogens is 386 g/mol. The number of aliphatic hydroxyl groups excluding tert-OH is 1. The minimum atomic E-state index is -0.530. The predicted molar refractivity (Wildman–Crippen MR) is 127 cm³/mol. The van der Waals surface area contributed by atoms with Crippen molar-refractivity contribution in [3.8, 4) is 0 Å². The molecule has 0 bridgehead atoms. The number of hydrogen-bond acceptors (Lipinski definition) is 5. The molecule has 1 atom stereocenters. The fourth-order valence-corrected chi connectivity index (χ4v) is 4.30. The van der Waals surface area contributed by atoms with E-state index in [-0.39, 0.29) is 6.61 Å². The summed E-state index contributed by atoms with van der Waals surface area (Å²) in [6.07, 6.45) is 5.99. The molecule has 0 amide bonds. The lowest BCUT2D eigenvalue weighted by Gasteiger charge is -2.36. The van der Waals surface area contributed by atoms with Gasteiger partial charge in [0.2, 0.25) is 0 Å². The molecule has 1 aliphatic heterocycles. The zero-order valence-electron chi connectivity index (χ0n) is 18.2. The van der Waals surface area contributed by atoms with Crippen LogP contribution in [0.25, 0.3) is 6.08 Å². The average Bonchev–Trinajstić information content (AvgIpc) is 2.82. The number of aliphatic hydroxyl groups is 1. The molecule has 1 saturated carbocycles. The molecule has 2 aromatic rings. The molecule has 1 unspecified atom stereocenters. The first-order valence-electron chi connectivity index (χ1n) is 11.4. The summed E-state index contributed by atoms with van der Waals surface area (Å²) in [5.74, 6) is 0. The van der Waals surface area contributed by atoms with Crippen molar-refractivity contribution in [1.29, 1.82) is 0 Å². The zero-order chi connectivity index (χ0) is 21.3. The Balaban J connectivity index is 1.23. The standard InChI is InChI=1S/C26H33N3O2/c30-25(20-28-15-17-29(18-16-28)24-12-5-2-6-13-24)21-31-27-26-14-8-7-11-23(26)19-22-9-3-1-4-10-22/h1-6,9-10,12-13,19,25,30H,7-8,11,14-18,20-21H2/b23-19-,27-26+. The first-order valence-corrected chi connectivity index (χ1v) is 11.4. The number of hydrogen-bond donors (Lipinski definition) is 1. The molecule has 31 heavy (non-hydrogen) atoms. The molecule has 4 rings (SSSR count). The average molecular weight is 420 g/mol. The van der Waals surface area contributed by atoms with Crippen LogP contribution in [0.1, 0.15) is 31.2 Å². The summed E-state index contributed by atoms with van der Waals surface area (Å²) < 4.78 is 0. The molecule has 1 heterocycles. The minimum Gasteiger partial charge on any atom is -0.393 e. The summed E-state index contributed by atoms with van der Waals surface area (Å²) in [4.78, 5) is 10.3. The maximum atomic E-state index is 10.5. The molecule has 0 spiro atoms. The number of nitrogens with zero attached hydrogens (tertiary/aromatic N) is 3. The summed E-state index contributed by atoms with van der Waals surface area (Å²) in [6, 6.07) is 20.9. The van der Waals surface area contributed by atoms with Gasteiger partial charge in [-0.05, 0) is 55.0 Å². The van der Waals surface area contributed by atoms with E-state index in [4.69, 9.17) is 4.84 Å². The Bertz CT molecular complexity index is 859. The number of oxime groups is 1. The summed E-state index contributed by atoms with van der Waals surface area (Å²) in [6.45, 7) is 4.72. The largest absolute Gasteiger partial charge is 0.393 e. The SMILES string of the molecule is OC(CO/N=C1\CCCC\C1=C\c1ccccc1)CN1CCN(c2ccccc2)CC1. The third kappa shape index (κ3) is 6.42. The van der Waals surface area contributed by atoms with Crippen LogP contribution in [0, 0.1) is 0 Å². The van der Waals surface area contributed by atoms with Crippen molar-refractivity contribution in [1.82, 2.24) is 4.90 Å². The van der Waals surface area contributed by atoms with Crippen LogP contribution in [0.2, 0.25) is 0 Å². The van der Waals surface area contributed by atoms with E-state index in [2.05, 4.69) is 69.6 Å². The number of benzene rings is 2. The van der Waals surface area contributed by atoms with Crippen LogP contribution in [0.5, 0.6) is 0 Å². The van der Waals surface area contributed by atoms with Gasteiger partial charge in [-0.3, -0.25) is 4.90 Å². The van der Waals surface area contributed by atoms with Crippen molar-refractivity contribution in [2.75, 3.05) is 44.2 Å². The third-order valence-electron chi connectivity index (χ3n) is 6.03. The molecule has 2 fully saturated rings. The van der Waals surface area contributed by atoms with Crippen LogP contribution < -0.4 is 4.90 Å². The highest BCUT2D eigenvalue weighted by Gasteiger charge is 2.20. The van der Waals surface area contributed by atoms with Crippen LogP contribution in [0.15, 0.2) is 71.4 Å². The quantitative estimate of drug-likeness (QED) is 0.684. The van der Waals surface area contributed by atoms with Gasteiger partial charge in [0, 0.05) is 38.4 Å². The molecule has 5 nitrogen and oxygen atoms in total.